The van der Waals surface area contributed by atoms with Gasteiger partial charge in [0.15, 0.2) is 0 Å². The third-order valence-corrected chi connectivity index (χ3v) is 4.95. The van der Waals surface area contributed by atoms with Gasteiger partial charge in [-0.25, -0.2) is 9.18 Å². The van der Waals surface area contributed by atoms with Gasteiger partial charge in [-0.2, -0.15) is 0 Å². The van der Waals surface area contributed by atoms with Crippen LogP contribution in [-0.4, -0.2) is 36.6 Å². The number of hydrogen-bond donors (Lipinski definition) is 0. The summed E-state index contributed by atoms with van der Waals surface area (Å²) in [6, 6.07) is 4.69. The first kappa shape index (κ1) is 22.7. The van der Waals surface area contributed by atoms with Crippen LogP contribution in [0, 0.1) is 11.7 Å². The van der Waals surface area contributed by atoms with E-state index in [0.717, 1.165) is 0 Å². The van der Waals surface area contributed by atoms with E-state index < -0.39 is 35.8 Å². The molecule has 7 heteroatoms. The molecule has 5 nitrogen and oxygen atoms in total. The Kier molecular flexibility index (Phi) is 6.22. The lowest BCUT2D eigenvalue weighted by atomic mass is 9.79. The Bertz CT molecular complexity index is 712. The number of rotatable bonds is 4. The lowest BCUT2D eigenvalue weighted by Gasteiger charge is -2.32. The predicted molar refractivity (Wildman–Crippen MR) is 111 cm³/mol. The van der Waals surface area contributed by atoms with Gasteiger partial charge in [0.25, 0.3) is 0 Å². The molecule has 1 amide bonds. The van der Waals surface area contributed by atoms with Crippen molar-refractivity contribution in [1.29, 1.82) is 0 Å². The maximum atomic E-state index is 15.0. The van der Waals surface area contributed by atoms with Crippen LogP contribution in [0.3, 0.4) is 0 Å². The number of nitrogens with zero attached hydrogens (tertiary/aromatic N) is 1. The second kappa shape index (κ2) is 7.67. The first-order chi connectivity index (χ1) is 12.6. The smallest absolute Gasteiger partial charge is 0.443 e. The third-order valence-electron chi connectivity index (χ3n) is 4.95. The van der Waals surface area contributed by atoms with E-state index in [0.29, 0.717) is 12.0 Å². The highest BCUT2D eigenvalue weighted by atomic mass is 19.1. The molecule has 1 aromatic rings. The summed E-state index contributed by atoms with van der Waals surface area (Å²) in [5, 5.41) is 0. The summed E-state index contributed by atoms with van der Waals surface area (Å²) in [4.78, 5) is 14.0. The summed E-state index contributed by atoms with van der Waals surface area (Å²) < 4.78 is 32.5. The molecule has 28 heavy (non-hydrogen) atoms. The van der Waals surface area contributed by atoms with Crippen LogP contribution in [0.4, 0.5) is 14.9 Å². The van der Waals surface area contributed by atoms with Crippen molar-refractivity contribution in [3.05, 3.63) is 24.0 Å². The SMILES string of the molecule is CC(C)CN(C(=O)OC(C)(C)C)c1ccc(B2OC(C)(C)C(C)(C)O2)cc1F. The Hall–Kier alpha value is -1.60. The van der Waals surface area contributed by atoms with Crippen molar-refractivity contribution < 1.29 is 23.2 Å². The monoisotopic (exact) mass is 393 g/mol. The molecule has 0 aliphatic carbocycles. The van der Waals surface area contributed by atoms with Crippen LogP contribution in [0.5, 0.6) is 0 Å². The van der Waals surface area contributed by atoms with Crippen molar-refractivity contribution in [2.24, 2.45) is 5.92 Å². The lowest BCUT2D eigenvalue weighted by Crippen LogP contribution is -2.41. The number of hydrogen-bond acceptors (Lipinski definition) is 4. The van der Waals surface area contributed by atoms with Crippen LogP contribution in [-0.2, 0) is 14.0 Å². The zero-order valence-corrected chi connectivity index (χ0v) is 18.6. The lowest BCUT2D eigenvalue weighted by molar-refractivity contribution is 0.00578. The van der Waals surface area contributed by atoms with Crippen LogP contribution in [0.1, 0.15) is 62.3 Å². The topological polar surface area (TPSA) is 48.0 Å². The van der Waals surface area contributed by atoms with Gasteiger partial charge >= 0.3 is 13.2 Å². The number of benzene rings is 1. The summed E-state index contributed by atoms with van der Waals surface area (Å²) in [6.07, 6.45) is -0.566. The molecule has 1 aliphatic heterocycles. The Morgan fingerprint density at radius 2 is 1.71 bits per heavy atom. The van der Waals surface area contributed by atoms with E-state index in [-0.39, 0.29) is 11.6 Å². The molecule has 156 valence electrons. The maximum absolute atomic E-state index is 15.0. The summed E-state index contributed by atoms with van der Waals surface area (Å²) in [5.41, 5.74) is -0.914. The Labute approximate surface area is 168 Å². The molecule has 0 atom stereocenters. The summed E-state index contributed by atoms with van der Waals surface area (Å²) in [6.45, 7) is 17.4. The third kappa shape index (κ3) is 5.06. The van der Waals surface area contributed by atoms with Gasteiger partial charge < -0.3 is 14.0 Å². The average molecular weight is 393 g/mol. The van der Waals surface area contributed by atoms with Gasteiger partial charge in [-0.3, -0.25) is 4.90 Å². The molecular formula is C21H33BFNO4. The summed E-state index contributed by atoms with van der Waals surface area (Å²) in [5.74, 6) is -0.367. The van der Waals surface area contributed by atoms with Gasteiger partial charge in [-0.1, -0.05) is 19.9 Å². The molecular weight excluding hydrogens is 360 g/mol. The molecule has 1 heterocycles. The number of carbonyl (C=O) groups is 1. The van der Waals surface area contributed by atoms with Gasteiger partial charge in [-0.15, -0.1) is 0 Å². The fourth-order valence-corrected chi connectivity index (χ4v) is 2.82. The molecule has 1 aliphatic rings. The highest BCUT2D eigenvalue weighted by Crippen LogP contribution is 2.36. The predicted octanol–water partition coefficient (Wildman–Crippen LogP) is 4.52. The molecule has 0 spiro atoms. The Morgan fingerprint density at radius 3 is 2.14 bits per heavy atom. The zero-order valence-electron chi connectivity index (χ0n) is 18.6. The molecule has 1 aromatic carbocycles. The first-order valence-corrected chi connectivity index (χ1v) is 9.78. The van der Waals surface area contributed by atoms with E-state index in [1.165, 1.54) is 11.0 Å². The highest BCUT2D eigenvalue weighted by molar-refractivity contribution is 6.62. The zero-order chi connectivity index (χ0) is 21.5. The minimum atomic E-state index is -0.661. The number of halogens is 1. The van der Waals surface area contributed by atoms with E-state index >= 15 is 4.39 Å². The van der Waals surface area contributed by atoms with Gasteiger partial charge in [0.05, 0.1) is 16.9 Å². The molecule has 0 saturated carbocycles. The van der Waals surface area contributed by atoms with E-state index in [1.54, 1.807) is 32.9 Å². The Balaban J connectivity index is 2.31. The van der Waals surface area contributed by atoms with Crippen LogP contribution in [0.15, 0.2) is 18.2 Å². The minimum absolute atomic E-state index is 0.148. The number of ether oxygens (including phenoxy) is 1. The number of anilines is 1. The molecule has 0 unspecified atom stereocenters. The van der Waals surface area contributed by atoms with Gasteiger partial charge in [0, 0.05) is 6.54 Å². The van der Waals surface area contributed by atoms with Crippen molar-refractivity contribution in [3.8, 4) is 0 Å². The van der Waals surface area contributed by atoms with E-state index in [1.807, 2.05) is 41.5 Å². The number of carbonyl (C=O) groups excluding carboxylic acids is 1. The Morgan fingerprint density at radius 1 is 1.18 bits per heavy atom. The largest absolute Gasteiger partial charge is 0.494 e. The van der Waals surface area contributed by atoms with Gasteiger partial charge in [-0.05, 0) is 72.0 Å². The first-order valence-electron chi connectivity index (χ1n) is 9.78. The van der Waals surface area contributed by atoms with Crippen LogP contribution >= 0.6 is 0 Å². The van der Waals surface area contributed by atoms with E-state index in [2.05, 4.69) is 0 Å². The second-order valence-corrected chi connectivity index (χ2v) is 9.78. The summed E-state index contributed by atoms with van der Waals surface area (Å²) in [7, 11) is -0.659. The van der Waals surface area contributed by atoms with Crippen molar-refractivity contribution >= 4 is 24.4 Å². The quantitative estimate of drug-likeness (QED) is 0.706. The highest BCUT2D eigenvalue weighted by Gasteiger charge is 2.51. The minimum Gasteiger partial charge on any atom is -0.443 e. The number of amides is 1. The van der Waals surface area contributed by atoms with E-state index in [9.17, 15) is 4.79 Å². The molecule has 0 radical (unpaired) electrons. The molecule has 0 bridgehead atoms. The van der Waals surface area contributed by atoms with Crippen LogP contribution < -0.4 is 10.4 Å². The van der Waals surface area contributed by atoms with E-state index in [4.69, 9.17) is 14.0 Å². The standard InChI is InChI=1S/C21H33BFNO4/c1-14(2)13-24(18(25)26-19(3,4)5)17-11-10-15(12-16(17)23)22-27-20(6,7)21(8,9)28-22/h10-12,14H,13H2,1-9H3. The van der Waals surface area contributed by atoms with Gasteiger partial charge in [0.1, 0.15) is 11.4 Å². The second-order valence-electron chi connectivity index (χ2n) is 9.78. The molecule has 0 aromatic heterocycles. The van der Waals surface area contributed by atoms with Crippen LogP contribution in [0.25, 0.3) is 0 Å². The van der Waals surface area contributed by atoms with Crippen molar-refractivity contribution in [1.82, 2.24) is 0 Å². The van der Waals surface area contributed by atoms with Crippen molar-refractivity contribution in [2.45, 2.75) is 79.1 Å². The fourth-order valence-electron chi connectivity index (χ4n) is 2.82. The van der Waals surface area contributed by atoms with Gasteiger partial charge in [0.2, 0.25) is 0 Å². The molecule has 0 N–H and O–H groups in total. The normalized spacial score (nSPS) is 18.5. The fraction of sp³-hybridized carbons (Fsp3) is 0.667. The average Bonchev–Trinajstić information content (AvgIpc) is 2.71. The molecule has 1 saturated heterocycles. The van der Waals surface area contributed by atoms with Crippen LogP contribution in [0.2, 0.25) is 0 Å². The van der Waals surface area contributed by atoms with Crippen molar-refractivity contribution in [2.75, 3.05) is 11.4 Å². The molecule has 1 fully saturated rings. The van der Waals surface area contributed by atoms with Crippen molar-refractivity contribution in [3.63, 3.8) is 0 Å². The summed E-state index contributed by atoms with van der Waals surface area (Å²) >= 11 is 0. The molecule has 2 rings (SSSR count). The maximum Gasteiger partial charge on any atom is 0.494 e.